The summed E-state index contributed by atoms with van der Waals surface area (Å²) in [6.07, 6.45) is 11.7. The first-order valence-electron chi connectivity index (χ1n) is 16.9. The average Bonchev–Trinajstić information content (AvgIpc) is 3.53. The van der Waals surface area contributed by atoms with E-state index in [2.05, 4.69) is 21.8 Å². The van der Waals surface area contributed by atoms with Gasteiger partial charge in [-0.15, -0.1) is 0 Å². The molecular formula is C36H47ClN2O6S. The Morgan fingerprint density at radius 2 is 1.93 bits per heavy atom. The Bertz CT molecular complexity index is 1520. The highest BCUT2D eigenvalue weighted by atomic mass is 35.5. The van der Waals surface area contributed by atoms with Crippen molar-refractivity contribution in [3.05, 3.63) is 70.3 Å². The van der Waals surface area contributed by atoms with Gasteiger partial charge in [0.2, 0.25) is 10.0 Å². The van der Waals surface area contributed by atoms with E-state index in [1.54, 1.807) is 13.2 Å². The number of fused-ring (bicyclic) bond motifs is 3. The number of nitrogens with zero attached hydrogens (tertiary/aromatic N) is 1. The van der Waals surface area contributed by atoms with Crippen LogP contribution in [0.2, 0.25) is 5.02 Å². The van der Waals surface area contributed by atoms with Crippen molar-refractivity contribution in [1.29, 1.82) is 0 Å². The maximum absolute atomic E-state index is 13.9. The fourth-order valence-corrected chi connectivity index (χ4v) is 9.52. The lowest BCUT2D eigenvalue weighted by molar-refractivity contribution is 0.0134. The van der Waals surface area contributed by atoms with Crippen LogP contribution >= 0.6 is 11.6 Å². The van der Waals surface area contributed by atoms with E-state index in [0.717, 1.165) is 74.3 Å². The van der Waals surface area contributed by atoms with Gasteiger partial charge in [-0.05, 0) is 117 Å². The van der Waals surface area contributed by atoms with Crippen molar-refractivity contribution in [2.24, 2.45) is 17.8 Å². The second-order valence-electron chi connectivity index (χ2n) is 13.5. The highest BCUT2D eigenvalue weighted by molar-refractivity contribution is 7.90. The minimum atomic E-state index is -4.01. The predicted molar refractivity (Wildman–Crippen MR) is 181 cm³/mol. The number of amides is 1. The summed E-state index contributed by atoms with van der Waals surface area (Å²) in [6, 6.07) is 11.2. The highest BCUT2D eigenvalue weighted by Crippen LogP contribution is 2.42. The third-order valence-electron chi connectivity index (χ3n) is 10.5. The number of carbonyl (C=O) groups is 1. The van der Waals surface area contributed by atoms with Crippen molar-refractivity contribution in [2.75, 3.05) is 31.7 Å². The Morgan fingerprint density at radius 3 is 2.70 bits per heavy atom. The molecule has 8 nitrogen and oxygen atoms in total. The fraction of sp³-hybridized carbons (Fsp3) is 0.583. The smallest absolute Gasteiger partial charge is 0.264 e. The van der Waals surface area contributed by atoms with E-state index in [0.29, 0.717) is 49.2 Å². The third kappa shape index (κ3) is 7.59. The Kier molecular flexibility index (Phi) is 10.6. The van der Waals surface area contributed by atoms with Crippen LogP contribution in [0.1, 0.15) is 79.8 Å². The molecule has 1 aliphatic carbocycles. The van der Waals surface area contributed by atoms with E-state index in [-0.39, 0.29) is 18.1 Å². The molecule has 2 bridgehead atoms. The number of aryl methyl sites for hydroxylation is 1. The molecule has 46 heavy (non-hydrogen) atoms. The van der Waals surface area contributed by atoms with Gasteiger partial charge < -0.3 is 19.1 Å². The van der Waals surface area contributed by atoms with E-state index in [1.807, 2.05) is 37.3 Å². The van der Waals surface area contributed by atoms with Crippen LogP contribution < -0.4 is 14.4 Å². The molecule has 0 spiro atoms. The van der Waals surface area contributed by atoms with Gasteiger partial charge >= 0.3 is 0 Å². The number of methoxy groups -OCH3 is 1. The third-order valence-corrected chi connectivity index (χ3v) is 12.6. The number of nitrogens with one attached hydrogen (secondary N) is 1. The normalized spacial score (nSPS) is 30.8. The van der Waals surface area contributed by atoms with Crippen LogP contribution in [0.25, 0.3) is 0 Å². The number of carbonyl (C=O) groups excluding carboxylic acids is 1. The summed E-state index contributed by atoms with van der Waals surface area (Å²) < 4.78 is 48.6. The van der Waals surface area contributed by atoms with Gasteiger partial charge in [0.1, 0.15) is 12.4 Å². The lowest BCUT2D eigenvalue weighted by Crippen LogP contribution is -2.44. The maximum Gasteiger partial charge on any atom is 0.264 e. The second kappa shape index (κ2) is 14.7. The van der Waals surface area contributed by atoms with Crippen molar-refractivity contribution >= 4 is 33.2 Å². The first-order valence-corrected chi connectivity index (χ1v) is 18.8. The number of benzene rings is 2. The highest BCUT2D eigenvalue weighted by Gasteiger charge is 2.39. The first-order chi connectivity index (χ1) is 22.2. The molecule has 10 heteroatoms. The topological polar surface area (TPSA) is 94.2 Å². The monoisotopic (exact) mass is 670 g/mol. The molecular weight excluding hydrogens is 624 g/mol. The molecule has 4 aliphatic rings. The van der Waals surface area contributed by atoms with Gasteiger partial charge in [0.05, 0.1) is 23.1 Å². The van der Waals surface area contributed by atoms with Gasteiger partial charge in [-0.3, -0.25) is 4.79 Å². The van der Waals surface area contributed by atoms with Crippen LogP contribution in [0, 0.1) is 17.8 Å². The summed E-state index contributed by atoms with van der Waals surface area (Å²) in [5.74, 6) is 0.607. The molecule has 1 N–H and O–H groups in total. The van der Waals surface area contributed by atoms with Crippen LogP contribution in [0.5, 0.6) is 5.75 Å². The van der Waals surface area contributed by atoms with E-state index in [9.17, 15) is 13.2 Å². The molecule has 6 atom stereocenters. The summed E-state index contributed by atoms with van der Waals surface area (Å²) >= 11 is 6.35. The molecule has 1 saturated carbocycles. The maximum atomic E-state index is 13.9. The van der Waals surface area contributed by atoms with Gasteiger partial charge in [0.15, 0.2) is 0 Å². The number of sulfonamides is 1. The zero-order valence-corrected chi connectivity index (χ0v) is 28.5. The molecule has 2 aromatic carbocycles. The Balaban J connectivity index is 1.37. The number of ether oxygens (including phenoxy) is 3. The van der Waals surface area contributed by atoms with Crippen LogP contribution in [-0.4, -0.2) is 58.6 Å². The molecule has 3 aliphatic heterocycles. The standard InChI is InChI=1S/C36H47ClN2O6S/c1-24-7-5-10-33(43-2)31-15-12-27(31)22-39-17-4-3-8-25-19-29(37)14-11-28(25)23-45-34-16-13-26(20-32(34)39)36(40)38-46(41,42)35(24)21-30-9-6-18-44-30/h5,10-11,13-14,16,19-20,24,27,30-31,33,35H,3-4,6-9,12,15,17-18,21-23H2,1-2H3,(H,38,40)/b10-5+/t24-,27-,30-,31+,33-,35-/m0/s1. The summed E-state index contributed by atoms with van der Waals surface area (Å²) in [6.45, 7) is 4.55. The van der Waals surface area contributed by atoms with E-state index in [1.165, 1.54) is 5.56 Å². The predicted octanol–water partition coefficient (Wildman–Crippen LogP) is 6.70. The number of anilines is 1. The lowest BCUT2D eigenvalue weighted by Gasteiger charge is -2.43. The van der Waals surface area contributed by atoms with E-state index >= 15 is 0 Å². The molecule has 2 aromatic rings. The fourth-order valence-electron chi connectivity index (χ4n) is 7.61. The molecule has 0 aromatic heterocycles. The van der Waals surface area contributed by atoms with Crippen LogP contribution in [0.15, 0.2) is 48.6 Å². The molecule has 250 valence electrons. The quantitative estimate of drug-likeness (QED) is 0.364. The molecule has 6 rings (SSSR count). The molecule has 0 radical (unpaired) electrons. The minimum Gasteiger partial charge on any atom is -0.487 e. The molecule has 1 saturated heterocycles. The largest absolute Gasteiger partial charge is 0.487 e. The van der Waals surface area contributed by atoms with Crippen molar-refractivity contribution in [1.82, 2.24) is 4.72 Å². The number of hydrogen-bond acceptors (Lipinski definition) is 7. The molecule has 0 unspecified atom stereocenters. The van der Waals surface area contributed by atoms with Gasteiger partial charge in [0.25, 0.3) is 5.91 Å². The molecule has 2 fully saturated rings. The Labute approximate surface area is 278 Å². The Hall–Kier alpha value is -2.59. The number of hydrogen-bond donors (Lipinski definition) is 1. The zero-order valence-electron chi connectivity index (χ0n) is 27.0. The van der Waals surface area contributed by atoms with Crippen LogP contribution in [0.3, 0.4) is 0 Å². The van der Waals surface area contributed by atoms with Gasteiger partial charge in [0, 0.05) is 37.4 Å². The van der Waals surface area contributed by atoms with Gasteiger partial charge in [-0.25, -0.2) is 13.1 Å². The van der Waals surface area contributed by atoms with Gasteiger partial charge in [-0.2, -0.15) is 0 Å². The van der Waals surface area contributed by atoms with Crippen molar-refractivity contribution < 1.29 is 27.4 Å². The van der Waals surface area contributed by atoms with Gasteiger partial charge in [-0.1, -0.05) is 36.7 Å². The first kappa shape index (κ1) is 33.3. The summed E-state index contributed by atoms with van der Waals surface area (Å²) in [7, 11) is -2.25. The zero-order chi connectivity index (χ0) is 32.3. The average molecular weight is 671 g/mol. The summed E-state index contributed by atoms with van der Waals surface area (Å²) in [4.78, 5) is 16.1. The van der Waals surface area contributed by atoms with E-state index in [4.69, 9.17) is 25.8 Å². The summed E-state index contributed by atoms with van der Waals surface area (Å²) in [5.41, 5.74) is 3.39. The summed E-state index contributed by atoms with van der Waals surface area (Å²) in [5, 5.41) is -0.0568. The van der Waals surface area contributed by atoms with E-state index < -0.39 is 21.2 Å². The second-order valence-corrected chi connectivity index (χ2v) is 15.9. The molecule has 1 amide bonds. The van der Waals surface area contributed by atoms with Crippen molar-refractivity contribution in [3.63, 3.8) is 0 Å². The minimum absolute atomic E-state index is 0.0444. The van der Waals surface area contributed by atoms with Crippen molar-refractivity contribution in [3.8, 4) is 5.75 Å². The Morgan fingerprint density at radius 1 is 1.07 bits per heavy atom. The molecule has 3 heterocycles. The van der Waals surface area contributed by atoms with Crippen molar-refractivity contribution in [2.45, 2.75) is 88.8 Å². The SMILES string of the molecule is CO[C@H]1/C=C/C[C@H](C)[C@H](C[C@@H]2CCCO2)S(=O)(=O)NC(=O)c2ccc3c(c2)N(CCCCc2cc(Cl)ccc2CO3)C[C@@H]2CC[C@H]21. The lowest BCUT2D eigenvalue weighted by atomic mass is 9.70. The number of rotatable bonds is 3. The number of halogens is 1. The van der Waals surface area contributed by atoms with Crippen LogP contribution in [-0.2, 0) is 32.5 Å². The van der Waals surface area contributed by atoms with Crippen LogP contribution in [0.4, 0.5) is 5.69 Å². The number of allylic oxidation sites excluding steroid dienone is 1.